The van der Waals surface area contributed by atoms with Crippen LogP contribution in [0.1, 0.15) is 115 Å². The van der Waals surface area contributed by atoms with Crippen LogP contribution in [0.2, 0.25) is 0 Å². The number of aliphatic hydroxyl groups is 14. The summed E-state index contributed by atoms with van der Waals surface area (Å²) >= 11 is 0. The van der Waals surface area contributed by atoms with Crippen molar-refractivity contribution in [3.05, 3.63) is 149 Å². The van der Waals surface area contributed by atoms with Gasteiger partial charge in [-0.05, 0) is 111 Å². The van der Waals surface area contributed by atoms with Gasteiger partial charge in [-0.3, -0.25) is 9.59 Å². The standard InChI is InChI=1S/C75H94N12O20/c1-10-19-43-20-14-15-21-44(43)29-32-54(88)81-57-42(8)107-75(105)60(61(90)39(4)5)85-65(94)51(34-38(2)3)80-71(100)72(101)86-66(95)52(35-47-36-76-50-25-17-16-24-49(47)50)79-70(99)58(62(91)46-27-30-48(106-9)31-28-46)84-67(96)53-26-18-33-87(53)73(102)59(63(92)45-22-12-11-13-23-45)82-55(89)37-77-68(97)56(40(6)74(103)104)83-64(93)41(7)78-69(57)98/h10-17,19-25,27-32,36,38-42,51-53,56-63,72,76,90-92,101H,18,26,33-35,37H2,1-9H3,(H,77,97)(H,78,98)(H,79,99)(H,80,100)(H,81,88)(H,82,89)(H,83,93)(H,84,96)(H,85,94)(H,86,95)(H,103,104)/b19-10-,32-29+/t40-,41+,42+,51-,52+,53-,56+,57-,58-,59-,60+,61-,62+,63+,72-/m0/s1. The maximum Gasteiger partial charge on any atom is 0.334 e. The molecule has 32 heteroatoms. The van der Waals surface area contributed by atoms with Gasteiger partial charge in [0.1, 0.15) is 60.8 Å². The van der Waals surface area contributed by atoms with Crippen molar-refractivity contribution in [2.75, 3.05) is 20.2 Å². The molecule has 574 valence electrons. The van der Waals surface area contributed by atoms with Crippen LogP contribution in [0.15, 0.2) is 171 Å². The molecule has 0 aliphatic carbocycles. The molecule has 5 aromatic rings. The number of carbonyl (C=O) groups is 3. The highest BCUT2D eigenvalue weighted by atomic mass is 16.5. The van der Waals surface area contributed by atoms with Crippen LogP contribution in [-0.2, 0) is 25.5 Å². The zero-order chi connectivity index (χ0) is 78.5. The van der Waals surface area contributed by atoms with E-state index in [2.05, 4.69) is 54.9 Å². The van der Waals surface area contributed by atoms with E-state index >= 15 is 4.79 Å². The molecule has 0 bridgehead atoms. The zero-order valence-electron chi connectivity index (χ0n) is 60.4. The fourth-order valence-corrected chi connectivity index (χ4v) is 11.6. The van der Waals surface area contributed by atoms with Crippen LogP contribution in [0.5, 0.6) is 5.75 Å². The molecule has 3 heterocycles. The van der Waals surface area contributed by atoms with Crippen LogP contribution < -0.4 is 4.74 Å². The molecule has 2 aliphatic heterocycles. The SMILES string of the molecule is C/C=C\c1ccccc1/C=C/C(O)=N[C@@H]1C(O)=N[C@H](C)C(O)=N[C@H]([C@H](C)C(=O)O)C(O)=NCC(O)=N[C@@H]([C@H](O)c2ccccc2)C(=O)N2CCC[C@H]2C(O)=N[C@@H]([C@H](O)c2ccc(OC)cc2)C(O)=N[C@H](Cc2c[nH]c3ccccc23)C(O)=N[C@@H](O)C(O)=N[C@@H](CC(C)C)C(O)=N[C@H]([C@@H](O)C(C)C)C(=O)O[C@@H]1C. The number of carboxylic acids is 1. The number of aliphatic hydroxyl groups excluding tert-OH is 14. The number of nitrogens with one attached hydrogen (secondary N) is 1. The highest BCUT2D eigenvalue weighted by molar-refractivity contribution is 5.98. The van der Waals surface area contributed by atoms with Crippen LogP contribution in [0, 0.1) is 17.8 Å². The van der Waals surface area contributed by atoms with Gasteiger partial charge in [0.05, 0.1) is 19.1 Å². The quantitative estimate of drug-likeness (QED) is 0.0235. The Labute approximate surface area is 616 Å². The maximum atomic E-state index is 15.1. The number of allylic oxidation sites excluding steroid dienone is 1. The highest BCUT2D eigenvalue weighted by Crippen LogP contribution is 2.31. The molecular weight excluding hydrogens is 1390 g/mol. The van der Waals surface area contributed by atoms with Crippen LogP contribution >= 0.6 is 0 Å². The molecule has 1 amide bonds. The van der Waals surface area contributed by atoms with E-state index in [-0.39, 0.29) is 43.4 Å². The number of aliphatic carboxylic acids is 1. The third-order valence-electron chi connectivity index (χ3n) is 17.6. The number of carbonyl (C=O) groups excluding carboxylic acids is 2. The van der Waals surface area contributed by atoms with Crippen LogP contribution in [0.4, 0.5) is 0 Å². The van der Waals surface area contributed by atoms with Gasteiger partial charge in [-0.25, -0.2) is 54.7 Å². The van der Waals surface area contributed by atoms with Crippen molar-refractivity contribution >= 4 is 99.9 Å². The monoisotopic (exact) mass is 1480 g/mol. The van der Waals surface area contributed by atoms with Crippen molar-refractivity contribution in [1.29, 1.82) is 0 Å². The summed E-state index contributed by atoms with van der Waals surface area (Å²) in [5.41, 5.74) is 2.57. The molecule has 0 radical (unpaired) electrons. The third-order valence-corrected chi connectivity index (χ3v) is 17.6. The first-order valence-corrected chi connectivity index (χ1v) is 34.5. The normalized spacial score (nSPS) is 25.0. The Morgan fingerprint density at radius 2 is 1.25 bits per heavy atom. The summed E-state index contributed by atoms with van der Waals surface area (Å²) < 4.78 is 11.1. The number of amides is 1. The lowest BCUT2D eigenvalue weighted by Gasteiger charge is -2.29. The first kappa shape index (κ1) is 82.9. The molecule has 16 N–H and O–H groups in total. The van der Waals surface area contributed by atoms with Gasteiger partial charge in [-0.15, -0.1) is 0 Å². The van der Waals surface area contributed by atoms with Crippen LogP contribution in [-0.4, -0.2) is 256 Å². The predicted molar refractivity (Wildman–Crippen MR) is 406 cm³/mol. The summed E-state index contributed by atoms with van der Waals surface area (Å²) in [4.78, 5) is 87.8. The molecule has 0 unspecified atom stereocenters. The number of esters is 1. The largest absolute Gasteiger partial charge is 0.497 e. The molecule has 7 rings (SSSR count). The number of aromatic nitrogens is 1. The molecule has 32 nitrogen and oxygen atoms in total. The highest BCUT2D eigenvalue weighted by Gasteiger charge is 2.42. The molecule has 4 aromatic carbocycles. The van der Waals surface area contributed by atoms with E-state index < -0.39 is 186 Å². The van der Waals surface area contributed by atoms with Crippen LogP contribution in [0.25, 0.3) is 23.1 Å². The number of fused-ring (bicyclic) bond motifs is 2. The molecule has 0 saturated carbocycles. The van der Waals surface area contributed by atoms with E-state index in [9.17, 15) is 86.2 Å². The number of cyclic esters (lactones) is 1. The molecule has 107 heavy (non-hydrogen) atoms. The Bertz CT molecular complexity index is 4260. The summed E-state index contributed by atoms with van der Waals surface area (Å²) in [6, 6.07) is 10.8. The first-order chi connectivity index (χ1) is 50.8. The molecule has 1 saturated heterocycles. The second-order valence-corrected chi connectivity index (χ2v) is 26.3. The summed E-state index contributed by atoms with van der Waals surface area (Å²) in [6.45, 7) is 10.4. The van der Waals surface area contributed by atoms with Crippen molar-refractivity contribution in [3.8, 4) is 5.75 Å². The minimum atomic E-state index is -2.50. The Hall–Kier alpha value is -11.4. The number of carboxylic acid groups (broad SMARTS) is 1. The summed E-state index contributed by atoms with van der Waals surface area (Å²) in [7, 11) is 1.40. The number of aromatic amines is 1. The van der Waals surface area contributed by atoms with Gasteiger partial charge < -0.3 is 96.0 Å². The van der Waals surface area contributed by atoms with Gasteiger partial charge in [0.2, 0.25) is 65.2 Å². The second-order valence-electron chi connectivity index (χ2n) is 26.3. The van der Waals surface area contributed by atoms with E-state index in [1.807, 2.05) is 0 Å². The summed E-state index contributed by atoms with van der Waals surface area (Å²) in [5, 5.41) is 176. The summed E-state index contributed by atoms with van der Waals surface area (Å²) in [6.07, 6.45) is -2.42. The van der Waals surface area contributed by atoms with Crippen LogP contribution in [0.3, 0.4) is 0 Å². The number of para-hydroxylation sites is 1. The molecule has 0 spiro atoms. The van der Waals surface area contributed by atoms with Gasteiger partial charge in [0, 0.05) is 36.1 Å². The maximum absolute atomic E-state index is 15.1. The first-order valence-electron chi connectivity index (χ1n) is 34.5. The minimum Gasteiger partial charge on any atom is -0.497 e. The van der Waals surface area contributed by atoms with E-state index in [1.165, 1.54) is 70.4 Å². The Morgan fingerprint density at radius 3 is 1.90 bits per heavy atom. The van der Waals surface area contributed by atoms with Gasteiger partial charge >= 0.3 is 11.9 Å². The lowest BCUT2D eigenvalue weighted by Crippen LogP contribution is -2.47. The molecule has 1 aromatic heterocycles. The van der Waals surface area contributed by atoms with E-state index in [4.69, 9.17) is 9.47 Å². The fourth-order valence-electron chi connectivity index (χ4n) is 11.6. The van der Waals surface area contributed by atoms with Crippen molar-refractivity contribution in [2.24, 2.45) is 67.7 Å². The number of methoxy groups -OCH3 is 1. The second kappa shape index (κ2) is 38.6. The lowest BCUT2D eigenvalue weighted by molar-refractivity contribution is -0.153. The summed E-state index contributed by atoms with van der Waals surface area (Å²) in [5.74, 6) is -17.0. The number of benzene rings is 4. The number of nitrogens with zero attached hydrogens (tertiary/aromatic N) is 11. The number of ether oxygens (including phenoxy) is 2. The molecule has 15 atom stereocenters. The van der Waals surface area contributed by atoms with E-state index in [1.54, 1.807) is 106 Å². The number of hydrogen-bond donors (Lipinski definition) is 16. The molecular formula is C75H94N12O20. The number of H-pyrrole nitrogens is 1. The van der Waals surface area contributed by atoms with Crippen molar-refractivity contribution in [3.63, 3.8) is 0 Å². The van der Waals surface area contributed by atoms with Crippen molar-refractivity contribution in [1.82, 2.24) is 9.88 Å². The zero-order valence-corrected chi connectivity index (χ0v) is 60.4. The van der Waals surface area contributed by atoms with Crippen molar-refractivity contribution < 1.29 is 100 Å². The van der Waals surface area contributed by atoms with Gasteiger partial charge in [-0.1, -0.05) is 125 Å². The molecule has 2 aliphatic rings. The van der Waals surface area contributed by atoms with Crippen molar-refractivity contribution in [2.45, 2.75) is 166 Å². The minimum absolute atomic E-state index is 0.0388. The van der Waals surface area contributed by atoms with E-state index in [0.717, 1.165) is 30.4 Å². The Morgan fingerprint density at radius 1 is 0.654 bits per heavy atom. The average molecular weight is 1480 g/mol. The van der Waals surface area contributed by atoms with Gasteiger partial charge in [0.25, 0.3) is 5.91 Å². The fraction of sp³-hybridized carbons (Fsp3) is 0.427. The van der Waals surface area contributed by atoms with E-state index in [0.29, 0.717) is 27.8 Å². The third kappa shape index (κ3) is 22.4. The molecule has 1 fully saturated rings. The Balaban J connectivity index is 1.45. The predicted octanol–water partition coefficient (Wildman–Crippen LogP) is 8.50. The smallest absolute Gasteiger partial charge is 0.334 e. The topological polar surface area (TPSA) is 516 Å². The van der Waals surface area contributed by atoms with Gasteiger partial charge in [0.15, 0.2) is 24.2 Å². The lowest BCUT2D eigenvalue weighted by atomic mass is 9.99. The Kier molecular flexibility index (Phi) is 29.9. The number of aliphatic imine (C=N–C) groups is 10. The van der Waals surface area contributed by atoms with Gasteiger partial charge in [-0.2, -0.15) is 0 Å². The number of rotatable bonds is 17. The number of hydrogen-bond acceptors (Lipinski definition) is 19. The average Bonchev–Trinajstić information content (AvgIpc) is 1.63.